The fraction of sp³-hybridized carbons (Fsp3) is 0.462. The van der Waals surface area contributed by atoms with Crippen LogP contribution in [-0.4, -0.2) is 15.0 Å². The van der Waals surface area contributed by atoms with Crippen LogP contribution in [0.2, 0.25) is 0 Å². The van der Waals surface area contributed by atoms with Crippen molar-refractivity contribution in [3.05, 3.63) is 29.8 Å². The number of nitrogens with one attached hydrogen (secondary N) is 1. The SMILES string of the molecule is CC(C)(C)c1ccc(S(=O)(=O)NCCC#N)cc1. The van der Waals surface area contributed by atoms with Gasteiger partial charge in [-0.3, -0.25) is 0 Å². The third kappa shape index (κ3) is 3.83. The summed E-state index contributed by atoms with van der Waals surface area (Å²) in [5.41, 5.74) is 1.08. The van der Waals surface area contributed by atoms with Gasteiger partial charge in [-0.15, -0.1) is 0 Å². The Morgan fingerprint density at radius 2 is 1.78 bits per heavy atom. The minimum Gasteiger partial charge on any atom is -0.210 e. The average molecular weight is 266 g/mol. The third-order valence-corrected chi connectivity index (χ3v) is 4.04. The van der Waals surface area contributed by atoms with Crippen LogP contribution < -0.4 is 4.72 Å². The topological polar surface area (TPSA) is 70.0 Å². The fourth-order valence-electron chi connectivity index (χ4n) is 1.46. The van der Waals surface area contributed by atoms with Crippen LogP contribution in [0.1, 0.15) is 32.8 Å². The molecule has 0 aromatic heterocycles. The highest BCUT2D eigenvalue weighted by Gasteiger charge is 2.16. The molecule has 1 rings (SSSR count). The van der Waals surface area contributed by atoms with Gasteiger partial charge in [0.05, 0.1) is 11.0 Å². The summed E-state index contributed by atoms with van der Waals surface area (Å²) in [6.45, 7) is 6.35. The van der Waals surface area contributed by atoms with Crippen molar-refractivity contribution in [2.45, 2.75) is 37.5 Å². The van der Waals surface area contributed by atoms with Gasteiger partial charge in [0.15, 0.2) is 0 Å². The van der Waals surface area contributed by atoms with E-state index in [2.05, 4.69) is 25.5 Å². The molecule has 1 N–H and O–H groups in total. The molecule has 4 nitrogen and oxygen atoms in total. The second-order valence-electron chi connectivity index (χ2n) is 5.08. The number of rotatable bonds is 4. The second kappa shape index (κ2) is 5.51. The van der Waals surface area contributed by atoms with Gasteiger partial charge in [-0.1, -0.05) is 32.9 Å². The molecule has 0 aliphatic heterocycles. The molecule has 98 valence electrons. The van der Waals surface area contributed by atoms with Crippen LogP contribution in [0.25, 0.3) is 0 Å². The first-order chi connectivity index (χ1) is 8.27. The molecule has 0 heterocycles. The Bertz CT molecular complexity index is 534. The molecular formula is C13H18N2O2S. The van der Waals surface area contributed by atoms with Gasteiger partial charge in [0.25, 0.3) is 0 Å². The number of nitrogens with zero attached hydrogens (tertiary/aromatic N) is 1. The first-order valence-corrected chi connectivity index (χ1v) is 7.23. The first-order valence-electron chi connectivity index (χ1n) is 5.74. The van der Waals surface area contributed by atoms with E-state index in [1.54, 1.807) is 12.1 Å². The predicted molar refractivity (Wildman–Crippen MR) is 70.6 cm³/mol. The summed E-state index contributed by atoms with van der Waals surface area (Å²) in [5.74, 6) is 0. The average Bonchev–Trinajstić information content (AvgIpc) is 2.28. The van der Waals surface area contributed by atoms with E-state index in [4.69, 9.17) is 5.26 Å². The molecule has 0 spiro atoms. The van der Waals surface area contributed by atoms with E-state index in [9.17, 15) is 8.42 Å². The van der Waals surface area contributed by atoms with Crippen LogP contribution in [0.3, 0.4) is 0 Å². The molecule has 0 radical (unpaired) electrons. The van der Waals surface area contributed by atoms with E-state index in [0.29, 0.717) is 0 Å². The van der Waals surface area contributed by atoms with Gasteiger partial charge in [-0.25, -0.2) is 13.1 Å². The minimum atomic E-state index is -3.50. The molecule has 0 aliphatic carbocycles. The van der Waals surface area contributed by atoms with Gasteiger partial charge in [0, 0.05) is 13.0 Å². The molecule has 0 atom stereocenters. The van der Waals surface area contributed by atoms with Crippen LogP contribution in [0.5, 0.6) is 0 Å². The number of sulfonamides is 1. The molecule has 0 saturated carbocycles. The van der Waals surface area contributed by atoms with Crippen molar-refractivity contribution >= 4 is 10.0 Å². The Kier molecular flexibility index (Phi) is 4.49. The quantitative estimate of drug-likeness (QED) is 0.849. The van der Waals surface area contributed by atoms with Crippen molar-refractivity contribution in [2.75, 3.05) is 6.54 Å². The molecule has 5 heteroatoms. The van der Waals surface area contributed by atoms with Crippen LogP contribution in [0.15, 0.2) is 29.2 Å². The van der Waals surface area contributed by atoms with E-state index in [1.165, 1.54) is 0 Å². The lowest BCUT2D eigenvalue weighted by Crippen LogP contribution is -2.24. The fourth-order valence-corrected chi connectivity index (χ4v) is 2.49. The predicted octanol–water partition coefficient (Wildman–Crippen LogP) is 2.18. The smallest absolute Gasteiger partial charge is 0.210 e. The lowest BCUT2D eigenvalue weighted by Gasteiger charge is -2.19. The van der Waals surface area contributed by atoms with Crippen LogP contribution in [0.4, 0.5) is 0 Å². The van der Waals surface area contributed by atoms with Crippen molar-refractivity contribution < 1.29 is 8.42 Å². The Labute approximate surface area is 109 Å². The van der Waals surface area contributed by atoms with E-state index in [0.717, 1.165) is 5.56 Å². The van der Waals surface area contributed by atoms with Crippen molar-refractivity contribution in [2.24, 2.45) is 0 Å². The number of hydrogen-bond acceptors (Lipinski definition) is 3. The Hall–Kier alpha value is -1.38. The second-order valence-corrected chi connectivity index (χ2v) is 6.85. The summed E-state index contributed by atoms with van der Waals surface area (Å²) < 4.78 is 26.1. The maximum atomic E-state index is 11.8. The zero-order valence-electron chi connectivity index (χ0n) is 10.9. The van der Waals surface area contributed by atoms with Gasteiger partial charge in [0.2, 0.25) is 10.0 Å². The maximum Gasteiger partial charge on any atom is 0.240 e. The van der Waals surface area contributed by atoms with E-state index < -0.39 is 10.0 Å². The highest BCUT2D eigenvalue weighted by molar-refractivity contribution is 7.89. The van der Waals surface area contributed by atoms with Crippen LogP contribution in [-0.2, 0) is 15.4 Å². The van der Waals surface area contributed by atoms with E-state index in [-0.39, 0.29) is 23.3 Å². The van der Waals surface area contributed by atoms with Crippen molar-refractivity contribution in [3.63, 3.8) is 0 Å². The highest BCUT2D eigenvalue weighted by Crippen LogP contribution is 2.23. The molecule has 0 amide bonds. The lowest BCUT2D eigenvalue weighted by molar-refractivity contribution is 0.579. The Morgan fingerprint density at radius 3 is 2.22 bits per heavy atom. The molecule has 0 unspecified atom stereocenters. The van der Waals surface area contributed by atoms with Crippen molar-refractivity contribution in [1.29, 1.82) is 5.26 Å². The Balaban J connectivity index is 2.89. The zero-order chi connectivity index (χ0) is 13.8. The summed E-state index contributed by atoms with van der Waals surface area (Å²) in [7, 11) is -3.50. The standard InChI is InChI=1S/C13H18N2O2S/c1-13(2,3)11-5-7-12(8-6-11)18(16,17)15-10-4-9-14/h5-8,15H,4,10H2,1-3H3. The van der Waals surface area contributed by atoms with Gasteiger partial charge < -0.3 is 0 Å². The van der Waals surface area contributed by atoms with E-state index in [1.807, 2.05) is 18.2 Å². The first kappa shape index (κ1) is 14.7. The highest BCUT2D eigenvalue weighted by atomic mass is 32.2. The van der Waals surface area contributed by atoms with Crippen LogP contribution in [0, 0.1) is 11.3 Å². The summed E-state index contributed by atoms with van der Waals surface area (Å²) in [4.78, 5) is 0.230. The number of nitriles is 1. The normalized spacial score (nSPS) is 12.1. The molecule has 0 saturated heterocycles. The van der Waals surface area contributed by atoms with Crippen molar-refractivity contribution in [3.8, 4) is 6.07 Å². The zero-order valence-corrected chi connectivity index (χ0v) is 11.7. The molecule has 0 aliphatic rings. The van der Waals surface area contributed by atoms with E-state index >= 15 is 0 Å². The summed E-state index contributed by atoms with van der Waals surface area (Å²) in [5, 5.41) is 8.37. The summed E-state index contributed by atoms with van der Waals surface area (Å²) in [6, 6.07) is 8.72. The molecular weight excluding hydrogens is 248 g/mol. The molecule has 18 heavy (non-hydrogen) atoms. The summed E-state index contributed by atoms with van der Waals surface area (Å²) in [6.07, 6.45) is 0.166. The van der Waals surface area contributed by atoms with Gasteiger partial charge in [0.1, 0.15) is 0 Å². The third-order valence-electron chi connectivity index (χ3n) is 2.56. The van der Waals surface area contributed by atoms with Crippen molar-refractivity contribution in [1.82, 2.24) is 4.72 Å². The molecule has 0 bridgehead atoms. The van der Waals surface area contributed by atoms with Gasteiger partial charge >= 0.3 is 0 Å². The molecule has 1 aromatic rings. The maximum absolute atomic E-state index is 11.8. The minimum absolute atomic E-state index is 0.00344. The van der Waals surface area contributed by atoms with Gasteiger partial charge in [-0.2, -0.15) is 5.26 Å². The lowest BCUT2D eigenvalue weighted by atomic mass is 9.87. The summed E-state index contributed by atoms with van der Waals surface area (Å²) >= 11 is 0. The number of benzene rings is 1. The largest absolute Gasteiger partial charge is 0.240 e. The Morgan fingerprint density at radius 1 is 1.22 bits per heavy atom. The number of hydrogen-bond donors (Lipinski definition) is 1. The molecule has 1 aromatic carbocycles. The van der Waals surface area contributed by atoms with Gasteiger partial charge in [-0.05, 0) is 23.1 Å². The molecule has 0 fully saturated rings. The van der Waals surface area contributed by atoms with Crippen LogP contribution >= 0.6 is 0 Å². The monoisotopic (exact) mass is 266 g/mol.